The molecule has 0 aliphatic carbocycles. The molecule has 3 atom stereocenters. The lowest BCUT2D eigenvalue weighted by Crippen LogP contribution is -2.31. The van der Waals surface area contributed by atoms with Gasteiger partial charge < -0.3 is 14.6 Å². The van der Waals surface area contributed by atoms with Crippen LogP contribution in [0.15, 0.2) is 143 Å². The molecule has 0 amide bonds. The first-order chi connectivity index (χ1) is 22.0. The highest BCUT2D eigenvalue weighted by Crippen LogP contribution is 2.40. The molecule has 8 heteroatoms. The van der Waals surface area contributed by atoms with Crippen molar-refractivity contribution in [3.63, 3.8) is 0 Å². The number of benzene rings is 5. The molecule has 6 rings (SSSR count). The van der Waals surface area contributed by atoms with Gasteiger partial charge in [0, 0.05) is 29.2 Å². The minimum absolute atomic E-state index is 0.00639. The molecule has 230 valence electrons. The third-order valence-electron chi connectivity index (χ3n) is 7.76. The highest BCUT2D eigenvalue weighted by Gasteiger charge is 2.32. The topological polar surface area (TPSA) is 84.9 Å². The smallest absolute Gasteiger partial charge is 0.240 e. The van der Waals surface area contributed by atoms with E-state index in [4.69, 9.17) is 9.47 Å². The average Bonchev–Trinajstić information content (AvgIpc) is 3.11. The van der Waals surface area contributed by atoms with Gasteiger partial charge in [0.2, 0.25) is 10.0 Å². The van der Waals surface area contributed by atoms with Crippen molar-refractivity contribution < 1.29 is 23.0 Å². The van der Waals surface area contributed by atoms with Gasteiger partial charge in [-0.2, -0.15) is 0 Å². The van der Waals surface area contributed by atoms with Crippen LogP contribution in [0.4, 0.5) is 0 Å². The van der Waals surface area contributed by atoms with Crippen LogP contribution in [0, 0.1) is 0 Å². The Kier molecular flexibility index (Phi) is 10.1. The summed E-state index contributed by atoms with van der Waals surface area (Å²) in [5.41, 5.74) is 5.72. The van der Waals surface area contributed by atoms with E-state index in [0.29, 0.717) is 0 Å². The predicted octanol–water partition coefficient (Wildman–Crippen LogP) is 7.66. The third-order valence-corrected chi connectivity index (χ3v) is 10.3. The summed E-state index contributed by atoms with van der Waals surface area (Å²) >= 11 is 1.78. The zero-order chi connectivity index (χ0) is 31.1. The lowest BCUT2D eigenvalue weighted by molar-refractivity contribution is -0.245. The summed E-state index contributed by atoms with van der Waals surface area (Å²) in [6, 6.07) is 42.6. The zero-order valence-corrected chi connectivity index (χ0v) is 26.3. The molecule has 5 aromatic rings. The van der Waals surface area contributed by atoms with E-state index in [2.05, 4.69) is 16.9 Å². The number of hydrogen-bond donors (Lipinski definition) is 2. The number of sulfonamides is 1. The van der Waals surface area contributed by atoms with Crippen LogP contribution in [0.1, 0.15) is 41.1 Å². The van der Waals surface area contributed by atoms with Crippen LogP contribution in [0.2, 0.25) is 0 Å². The fourth-order valence-corrected chi connectivity index (χ4v) is 7.26. The van der Waals surface area contributed by atoms with Crippen LogP contribution in [0.5, 0.6) is 0 Å². The fraction of sp³-hybridized carbons (Fsp3) is 0.189. The van der Waals surface area contributed by atoms with E-state index in [1.54, 1.807) is 42.1 Å². The second-order valence-corrected chi connectivity index (χ2v) is 13.8. The second-order valence-electron chi connectivity index (χ2n) is 10.9. The van der Waals surface area contributed by atoms with Gasteiger partial charge in [0.15, 0.2) is 6.29 Å². The van der Waals surface area contributed by atoms with Gasteiger partial charge in [0.1, 0.15) is 0 Å². The van der Waals surface area contributed by atoms with Crippen molar-refractivity contribution in [3.8, 4) is 11.1 Å². The van der Waals surface area contributed by atoms with Gasteiger partial charge in [-0.3, -0.25) is 0 Å². The van der Waals surface area contributed by atoms with E-state index in [1.807, 2.05) is 91.0 Å². The second kappa shape index (κ2) is 14.6. The molecule has 1 fully saturated rings. The van der Waals surface area contributed by atoms with Crippen LogP contribution in [0.3, 0.4) is 0 Å². The highest BCUT2D eigenvalue weighted by molar-refractivity contribution is 7.99. The van der Waals surface area contributed by atoms with Crippen molar-refractivity contribution >= 4 is 21.8 Å². The summed E-state index contributed by atoms with van der Waals surface area (Å²) in [7, 11) is -3.60. The number of hydrogen-bond acceptors (Lipinski definition) is 6. The van der Waals surface area contributed by atoms with E-state index < -0.39 is 16.3 Å². The first-order valence-electron chi connectivity index (χ1n) is 14.9. The molecule has 1 saturated heterocycles. The van der Waals surface area contributed by atoms with Crippen molar-refractivity contribution in [2.45, 2.75) is 47.9 Å². The number of thioether (sulfide) groups is 1. The SMILES string of the molecule is O=S(=O)(NCc1cccc(-c2ccc([C@@H]3O[C@H](CSc4ccccc4)C[C@H](c4ccc(CO)cc4)O3)cc2)c1)c1ccccc1. The Morgan fingerprint density at radius 1 is 0.711 bits per heavy atom. The summed E-state index contributed by atoms with van der Waals surface area (Å²) in [4.78, 5) is 1.45. The monoisotopic (exact) mass is 637 g/mol. The van der Waals surface area contributed by atoms with Gasteiger partial charge in [0.05, 0.1) is 23.7 Å². The molecule has 6 nitrogen and oxygen atoms in total. The quantitative estimate of drug-likeness (QED) is 0.145. The van der Waals surface area contributed by atoms with E-state index in [-0.39, 0.29) is 30.3 Å². The Morgan fingerprint density at radius 2 is 1.40 bits per heavy atom. The number of aliphatic hydroxyl groups excluding tert-OH is 1. The standard InChI is InChI=1S/C37H35NO5S2/c39-25-27-14-16-30(17-15-27)36-23-33(26-44-34-10-3-1-4-11-34)42-37(43-36)31-20-18-29(19-21-31)32-9-7-8-28(22-32)24-38-45(40,41)35-12-5-2-6-13-35/h1-22,33,36-39H,23-26H2/t33-,36+,37+/m0/s1. The van der Waals surface area contributed by atoms with Crippen molar-refractivity contribution in [3.05, 3.63) is 156 Å². The molecule has 2 N–H and O–H groups in total. The Balaban J connectivity index is 1.16. The lowest BCUT2D eigenvalue weighted by atomic mass is 9.99. The maximum Gasteiger partial charge on any atom is 0.240 e. The zero-order valence-electron chi connectivity index (χ0n) is 24.7. The lowest BCUT2D eigenvalue weighted by Gasteiger charge is -2.36. The van der Waals surface area contributed by atoms with Crippen LogP contribution < -0.4 is 4.72 Å². The number of nitrogens with one attached hydrogen (secondary N) is 1. The van der Waals surface area contributed by atoms with Crippen LogP contribution in [-0.4, -0.2) is 25.4 Å². The Bertz CT molecular complexity index is 1780. The molecule has 0 radical (unpaired) electrons. The molecule has 1 aliphatic rings. The average molecular weight is 638 g/mol. The molecule has 1 heterocycles. The Labute approximate surface area is 269 Å². The van der Waals surface area contributed by atoms with E-state index in [1.165, 1.54) is 4.90 Å². The number of ether oxygens (including phenoxy) is 2. The summed E-state index contributed by atoms with van der Waals surface area (Å²) in [6.07, 6.45) is 0.0325. The summed E-state index contributed by atoms with van der Waals surface area (Å²) in [5.74, 6) is 0.800. The Hall–Kier alpha value is -3.76. The summed E-state index contributed by atoms with van der Waals surface area (Å²) < 4.78 is 41.1. The first-order valence-corrected chi connectivity index (χ1v) is 17.4. The van der Waals surface area contributed by atoms with Gasteiger partial charge >= 0.3 is 0 Å². The van der Waals surface area contributed by atoms with E-state index in [0.717, 1.165) is 45.6 Å². The molecule has 0 saturated carbocycles. The minimum atomic E-state index is -3.60. The van der Waals surface area contributed by atoms with E-state index >= 15 is 0 Å². The Morgan fingerprint density at radius 3 is 2.11 bits per heavy atom. The maximum atomic E-state index is 12.7. The van der Waals surface area contributed by atoms with E-state index in [9.17, 15) is 13.5 Å². The van der Waals surface area contributed by atoms with Crippen LogP contribution >= 0.6 is 11.8 Å². The molecule has 1 aliphatic heterocycles. The molecule has 0 unspecified atom stereocenters. The molecular formula is C37H35NO5S2. The molecule has 5 aromatic carbocycles. The van der Waals surface area contributed by atoms with Crippen molar-refractivity contribution in [1.82, 2.24) is 4.72 Å². The normalized spacial score (nSPS) is 18.5. The van der Waals surface area contributed by atoms with Gasteiger partial charge in [-0.05, 0) is 58.1 Å². The van der Waals surface area contributed by atoms with Crippen LogP contribution in [-0.2, 0) is 32.6 Å². The molecule has 0 aromatic heterocycles. The predicted molar refractivity (Wildman–Crippen MR) is 178 cm³/mol. The largest absolute Gasteiger partial charge is 0.392 e. The van der Waals surface area contributed by atoms with Crippen molar-refractivity contribution in [2.75, 3.05) is 5.75 Å². The minimum Gasteiger partial charge on any atom is -0.392 e. The van der Waals surface area contributed by atoms with Crippen molar-refractivity contribution in [1.29, 1.82) is 0 Å². The molecule has 0 bridgehead atoms. The number of rotatable bonds is 11. The summed E-state index contributed by atoms with van der Waals surface area (Å²) in [5, 5.41) is 9.49. The molecule has 0 spiro atoms. The maximum absolute atomic E-state index is 12.7. The first kappa shape index (κ1) is 31.2. The van der Waals surface area contributed by atoms with Gasteiger partial charge in [-0.1, -0.05) is 103 Å². The molecular weight excluding hydrogens is 603 g/mol. The highest BCUT2D eigenvalue weighted by atomic mass is 32.2. The van der Waals surface area contributed by atoms with Gasteiger partial charge in [-0.25, -0.2) is 13.1 Å². The fourth-order valence-electron chi connectivity index (χ4n) is 5.28. The third kappa shape index (κ3) is 8.10. The van der Waals surface area contributed by atoms with Crippen molar-refractivity contribution in [2.24, 2.45) is 0 Å². The van der Waals surface area contributed by atoms with Crippen LogP contribution in [0.25, 0.3) is 11.1 Å². The van der Waals surface area contributed by atoms with Gasteiger partial charge in [0.25, 0.3) is 0 Å². The number of aliphatic hydroxyl groups is 1. The summed E-state index contributed by atoms with van der Waals surface area (Å²) in [6.45, 7) is 0.197. The van der Waals surface area contributed by atoms with Gasteiger partial charge in [-0.15, -0.1) is 11.8 Å². The molecule has 45 heavy (non-hydrogen) atoms.